The Labute approximate surface area is 146 Å². The molecule has 0 aliphatic carbocycles. The molecule has 0 saturated carbocycles. The number of nitrogens with one attached hydrogen (secondary N) is 1. The summed E-state index contributed by atoms with van der Waals surface area (Å²) in [5.74, 6) is 1.71. The molecule has 5 nitrogen and oxygen atoms in total. The normalized spacial score (nSPS) is 10.2. The van der Waals surface area contributed by atoms with E-state index >= 15 is 0 Å². The van der Waals surface area contributed by atoms with E-state index < -0.39 is 0 Å². The lowest BCUT2D eigenvalue weighted by Gasteiger charge is -2.12. The van der Waals surface area contributed by atoms with Crippen molar-refractivity contribution in [1.82, 2.24) is 0 Å². The molecule has 6 heteroatoms. The number of carbonyl (C=O) groups excluding carboxylic acids is 1. The summed E-state index contributed by atoms with van der Waals surface area (Å²) in [7, 11) is 4.68. The molecule has 1 amide bonds. The predicted molar refractivity (Wildman–Crippen MR) is 94.5 cm³/mol. The SMILES string of the molecule is COc1ccc(NC(=O)CCc2cc(Cl)c(OC)c(OC)c2)cc1. The third kappa shape index (κ3) is 4.55. The average Bonchev–Trinajstić information content (AvgIpc) is 2.60. The molecule has 0 radical (unpaired) electrons. The summed E-state index contributed by atoms with van der Waals surface area (Å²) >= 11 is 6.17. The molecule has 0 aromatic heterocycles. The van der Waals surface area contributed by atoms with Crippen LogP contribution in [0.1, 0.15) is 12.0 Å². The van der Waals surface area contributed by atoms with E-state index in [9.17, 15) is 4.79 Å². The summed E-state index contributed by atoms with van der Waals surface area (Å²) in [5.41, 5.74) is 1.63. The number of benzene rings is 2. The topological polar surface area (TPSA) is 56.8 Å². The van der Waals surface area contributed by atoms with Crippen LogP contribution in [0.25, 0.3) is 0 Å². The molecular formula is C18H20ClNO4. The molecule has 0 spiro atoms. The Kier molecular flexibility index (Phi) is 6.32. The molecule has 0 saturated heterocycles. The van der Waals surface area contributed by atoms with Crippen molar-refractivity contribution in [2.24, 2.45) is 0 Å². The number of methoxy groups -OCH3 is 3. The van der Waals surface area contributed by atoms with Gasteiger partial charge in [-0.1, -0.05) is 11.6 Å². The van der Waals surface area contributed by atoms with Crippen LogP contribution < -0.4 is 19.5 Å². The Hall–Kier alpha value is -2.40. The highest BCUT2D eigenvalue weighted by molar-refractivity contribution is 6.32. The van der Waals surface area contributed by atoms with Gasteiger partial charge in [0, 0.05) is 12.1 Å². The minimum absolute atomic E-state index is 0.0777. The number of amides is 1. The zero-order valence-electron chi connectivity index (χ0n) is 13.9. The van der Waals surface area contributed by atoms with Crippen molar-refractivity contribution >= 4 is 23.2 Å². The number of rotatable bonds is 7. The number of anilines is 1. The molecule has 0 heterocycles. The van der Waals surface area contributed by atoms with Crippen molar-refractivity contribution in [3.05, 3.63) is 47.0 Å². The number of hydrogen-bond acceptors (Lipinski definition) is 4. The highest BCUT2D eigenvalue weighted by Crippen LogP contribution is 2.36. The van der Waals surface area contributed by atoms with Crippen molar-refractivity contribution < 1.29 is 19.0 Å². The van der Waals surface area contributed by atoms with Crippen LogP contribution in [0.2, 0.25) is 5.02 Å². The Morgan fingerprint density at radius 2 is 1.75 bits per heavy atom. The maximum atomic E-state index is 12.1. The second-order valence-electron chi connectivity index (χ2n) is 5.09. The molecule has 0 bridgehead atoms. The van der Waals surface area contributed by atoms with E-state index in [1.165, 1.54) is 7.11 Å². The molecule has 2 rings (SSSR count). The summed E-state index contributed by atoms with van der Waals surface area (Å²) in [5, 5.41) is 3.31. The summed E-state index contributed by atoms with van der Waals surface area (Å²) in [6, 6.07) is 10.8. The first-order chi connectivity index (χ1) is 11.6. The second-order valence-corrected chi connectivity index (χ2v) is 5.50. The van der Waals surface area contributed by atoms with Crippen LogP contribution in [-0.4, -0.2) is 27.2 Å². The zero-order valence-corrected chi connectivity index (χ0v) is 14.6. The third-order valence-electron chi connectivity index (χ3n) is 3.51. The lowest BCUT2D eigenvalue weighted by Crippen LogP contribution is -2.12. The van der Waals surface area contributed by atoms with E-state index in [2.05, 4.69) is 5.32 Å². The fourth-order valence-electron chi connectivity index (χ4n) is 2.27. The second kappa shape index (κ2) is 8.45. The molecule has 0 unspecified atom stereocenters. The first-order valence-electron chi connectivity index (χ1n) is 7.41. The first-order valence-corrected chi connectivity index (χ1v) is 7.79. The molecule has 2 aromatic rings. The fraction of sp³-hybridized carbons (Fsp3) is 0.278. The van der Waals surface area contributed by atoms with Crippen LogP contribution in [0.3, 0.4) is 0 Å². The quantitative estimate of drug-likeness (QED) is 0.822. The van der Waals surface area contributed by atoms with Crippen LogP contribution in [0.4, 0.5) is 5.69 Å². The molecule has 0 aliphatic heterocycles. The average molecular weight is 350 g/mol. The van der Waals surface area contributed by atoms with Gasteiger partial charge in [0.25, 0.3) is 0 Å². The van der Waals surface area contributed by atoms with Crippen molar-refractivity contribution in [2.75, 3.05) is 26.6 Å². The number of hydrogen-bond donors (Lipinski definition) is 1. The van der Waals surface area contributed by atoms with Gasteiger partial charge in [-0.15, -0.1) is 0 Å². The van der Waals surface area contributed by atoms with Crippen LogP contribution in [-0.2, 0) is 11.2 Å². The Morgan fingerprint density at radius 3 is 2.33 bits per heavy atom. The van der Waals surface area contributed by atoms with Crippen LogP contribution in [0.5, 0.6) is 17.2 Å². The molecule has 0 aliphatic rings. The lowest BCUT2D eigenvalue weighted by molar-refractivity contribution is -0.116. The maximum Gasteiger partial charge on any atom is 0.224 e. The molecule has 1 N–H and O–H groups in total. The molecule has 128 valence electrons. The van der Waals surface area contributed by atoms with Gasteiger partial charge < -0.3 is 19.5 Å². The third-order valence-corrected chi connectivity index (χ3v) is 3.79. The monoisotopic (exact) mass is 349 g/mol. The molecule has 24 heavy (non-hydrogen) atoms. The van der Waals surface area contributed by atoms with Crippen LogP contribution in [0, 0.1) is 0 Å². The number of aryl methyl sites for hydroxylation is 1. The van der Waals surface area contributed by atoms with Crippen molar-refractivity contribution in [3.8, 4) is 17.2 Å². The van der Waals surface area contributed by atoms with Gasteiger partial charge in [0.05, 0.1) is 26.4 Å². The highest BCUT2D eigenvalue weighted by Gasteiger charge is 2.12. The zero-order chi connectivity index (χ0) is 17.5. The largest absolute Gasteiger partial charge is 0.497 e. The summed E-state index contributed by atoms with van der Waals surface area (Å²) in [6.45, 7) is 0. The summed E-state index contributed by atoms with van der Waals surface area (Å²) in [4.78, 5) is 12.1. The van der Waals surface area contributed by atoms with Crippen molar-refractivity contribution in [1.29, 1.82) is 0 Å². The van der Waals surface area contributed by atoms with Crippen LogP contribution >= 0.6 is 11.6 Å². The highest BCUT2D eigenvalue weighted by atomic mass is 35.5. The van der Waals surface area contributed by atoms with E-state index in [4.69, 9.17) is 25.8 Å². The van der Waals surface area contributed by atoms with E-state index in [0.29, 0.717) is 29.4 Å². The summed E-state index contributed by atoms with van der Waals surface area (Å²) < 4.78 is 15.5. The van der Waals surface area contributed by atoms with E-state index in [1.54, 1.807) is 44.6 Å². The minimum Gasteiger partial charge on any atom is -0.497 e. The molecule has 0 atom stereocenters. The number of ether oxygens (including phenoxy) is 3. The smallest absolute Gasteiger partial charge is 0.224 e. The Bertz CT molecular complexity index is 701. The van der Waals surface area contributed by atoms with Crippen molar-refractivity contribution in [2.45, 2.75) is 12.8 Å². The minimum atomic E-state index is -0.0777. The van der Waals surface area contributed by atoms with Gasteiger partial charge in [-0.05, 0) is 48.4 Å². The van der Waals surface area contributed by atoms with Gasteiger partial charge in [-0.3, -0.25) is 4.79 Å². The standard InChI is InChI=1S/C18H20ClNO4/c1-22-14-7-5-13(6-8-14)20-17(21)9-4-12-10-15(19)18(24-3)16(11-12)23-2/h5-8,10-11H,4,9H2,1-3H3,(H,20,21). The van der Waals surface area contributed by atoms with E-state index in [1.807, 2.05) is 6.07 Å². The van der Waals surface area contributed by atoms with E-state index in [0.717, 1.165) is 17.0 Å². The maximum absolute atomic E-state index is 12.1. The van der Waals surface area contributed by atoms with Gasteiger partial charge in [0.2, 0.25) is 5.91 Å². The van der Waals surface area contributed by atoms with E-state index in [-0.39, 0.29) is 5.91 Å². The number of halogens is 1. The van der Waals surface area contributed by atoms with Gasteiger partial charge in [0.15, 0.2) is 11.5 Å². The summed E-state index contributed by atoms with van der Waals surface area (Å²) in [6.07, 6.45) is 0.875. The lowest BCUT2D eigenvalue weighted by atomic mass is 10.1. The van der Waals surface area contributed by atoms with Gasteiger partial charge in [-0.2, -0.15) is 0 Å². The Balaban J connectivity index is 1.97. The Morgan fingerprint density at radius 1 is 1.04 bits per heavy atom. The van der Waals surface area contributed by atoms with Gasteiger partial charge in [-0.25, -0.2) is 0 Å². The predicted octanol–water partition coefficient (Wildman–Crippen LogP) is 3.94. The molecule has 2 aromatic carbocycles. The molecule has 0 fully saturated rings. The first kappa shape index (κ1) is 17.9. The number of carbonyl (C=O) groups is 1. The van der Waals surface area contributed by atoms with Crippen LogP contribution in [0.15, 0.2) is 36.4 Å². The fourth-order valence-corrected chi connectivity index (χ4v) is 2.58. The van der Waals surface area contributed by atoms with Gasteiger partial charge >= 0.3 is 0 Å². The van der Waals surface area contributed by atoms with Crippen molar-refractivity contribution in [3.63, 3.8) is 0 Å². The molecular weight excluding hydrogens is 330 g/mol. The van der Waals surface area contributed by atoms with Gasteiger partial charge in [0.1, 0.15) is 5.75 Å².